The van der Waals surface area contributed by atoms with Crippen LogP contribution in [-0.4, -0.2) is 20.7 Å². The number of anilines is 1. The lowest BCUT2D eigenvalue weighted by Crippen LogP contribution is -2.19. The van der Waals surface area contributed by atoms with Gasteiger partial charge in [0.15, 0.2) is 5.13 Å². The molecular weight excluding hydrogens is 296 g/mol. The molecule has 0 atom stereocenters. The van der Waals surface area contributed by atoms with Crippen molar-refractivity contribution in [1.82, 2.24) is 14.8 Å². The first kappa shape index (κ1) is 14.7. The number of amides is 1. The number of benzene rings is 1. The van der Waals surface area contributed by atoms with Gasteiger partial charge in [0.2, 0.25) is 5.91 Å². The van der Waals surface area contributed by atoms with E-state index in [4.69, 9.17) is 0 Å². The van der Waals surface area contributed by atoms with Gasteiger partial charge in [-0.05, 0) is 6.07 Å². The molecule has 114 valence electrons. The molecule has 0 radical (unpaired) electrons. The van der Waals surface area contributed by atoms with Gasteiger partial charge < -0.3 is 5.32 Å². The molecule has 3 rings (SSSR count). The Morgan fingerprint density at radius 1 is 1.32 bits per heavy atom. The van der Waals surface area contributed by atoms with Gasteiger partial charge in [-0.25, -0.2) is 4.98 Å². The molecule has 3 aromatic rings. The zero-order chi connectivity index (χ0) is 15.7. The average Bonchev–Trinajstić information content (AvgIpc) is 3.06. The minimum atomic E-state index is -0.122. The highest BCUT2D eigenvalue weighted by molar-refractivity contribution is 7.13. The fraction of sp³-hybridized carbons (Fsp3) is 0.312. The summed E-state index contributed by atoms with van der Waals surface area (Å²) in [6.07, 6.45) is 1.77. The van der Waals surface area contributed by atoms with E-state index in [0.29, 0.717) is 5.13 Å². The van der Waals surface area contributed by atoms with Crippen molar-refractivity contribution in [2.24, 2.45) is 0 Å². The summed E-state index contributed by atoms with van der Waals surface area (Å²) in [7, 11) is 0. The molecule has 0 aliphatic rings. The van der Waals surface area contributed by atoms with Crippen LogP contribution in [0.1, 0.15) is 26.5 Å². The molecule has 0 unspecified atom stereocenters. The number of fused-ring (bicyclic) bond motifs is 1. The number of nitrogens with zero attached hydrogens (tertiary/aromatic N) is 3. The fourth-order valence-electron chi connectivity index (χ4n) is 2.12. The molecule has 0 aliphatic heterocycles. The number of rotatable bonds is 3. The van der Waals surface area contributed by atoms with Crippen LogP contribution < -0.4 is 5.32 Å². The minimum Gasteiger partial charge on any atom is -0.300 e. The zero-order valence-electron chi connectivity index (χ0n) is 12.8. The smallest absolute Gasteiger partial charge is 0.247 e. The predicted molar refractivity (Wildman–Crippen MR) is 89.2 cm³/mol. The second-order valence-electron chi connectivity index (χ2n) is 6.20. The van der Waals surface area contributed by atoms with Crippen LogP contribution in [0, 0.1) is 0 Å². The van der Waals surface area contributed by atoms with Crippen LogP contribution in [0.2, 0.25) is 0 Å². The van der Waals surface area contributed by atoms with Gasteiger partial charge in [0.25, 0.3) is 0 Å². The van der Waals surface area contributed by atoms with E-state index < -0.39 is 0 Å². The lowest BCUT2D eigenvalue weighted by molar-refractivity contribution is -0.116. The third-order valence-corrected chi connectivity index (χ3v) is 4.12. The number of carbonyl (C=O) groups excluding carboxylic acids is 1. The van der Waals surface area contributed by atoms with E-state index in [1.807, 2.05) is 29.6 Å². The monoisotopic (exact) mass is 314 g/mol. The molecule has 1 N–H and O–H groups in total. The summed E-state index contributed by atoms with van der Waals surface area (Å²) in [6.45, 7) is 6.48. The summed E-state index contributed by atoms with van der Waals surface area (Å²) in [5.41, 5.74) is 1.92. The van der Waals surface area contributed by atoms with Crippen molar-refractivity contribution in [3.05, 3.63) is 41.5 Å². The van der Waals surface area contributed by atoms with Crippen molar-refractivity contribution in [2.75, 3.05) is 5.32 Å². The van der Waals surface area contributed by atoms with Gasteiger partial charge in [0, 0.05) is 16.2 Å². The quantitative estimate of drug-likeness (QED) is 0.805. The highest BCUT2D eigenvalue weighted by atomic mass is 32.1. The van der Waals surface area contributed by atoms with Crippen LogP contribution >= 0.6 is 11.3 Å². The topological polar surface area (TPSA) is 59.8 Å². The standard InChI is InChI=1S/C16H18N4OS/c1-16(2,3)13-10-22-15(18-13)19-14(21)9-20-12-7-5-4-6-11(12)8-17-20/h4-8,10H,9H2,1-3H3,(H,18,19,21). The van der Waals surface area contributed by atoms with Crippen LogP contribution in [0.3, 0.4) is 0 Å². The Morgan fingerprint density at radius 3 is 2.82 bits per heavy atom. The van der Waals surface area contributed by atoms with E-state index in [-0.39, 0.29) is 17.9 Å². The summed E-state index contributed by atoms with van der Waals surface area (Å²) >= 11 is 1.45. The number of aromatic nitrogens is 3. The van der Waals surface area contributed by atoms with Crippen LogP contribution in [0.15, 0.2) is 35.8 Å². The molecule has 1 aromatic carbocycles. The second-order valence-corrected chi connectivity index (χ2v) is 7.06. The third-order valence-electron chi connectivity index (χ3n) is 3.36. The maximum Gasteiger partial charge on any atom is 0.247 e. The number of thiazole rings is 1. The van der Waals surface area contributed by atoms with Crippen LogP contribution in [0.25, 0.3) is 10.9 Å². The van der Waals surface area contributed by atoms with Gasteiger partial charge in [-0.15, -0.1) is 11.3 Å². The van der Waals surface area contributed by atoms with Crippen LogP contribution in [-0.2, 0) is 16.8 Å². The molecule has 22 heavy (non-hydrogen) atoms. The molecule has 0 aliphatic carbocycles. The van der Waals surface area contributed by atoms with Gasteiger partial charge in [0.05, 0.1) is 17.4 Å². The lowest BCUT2D eigenvalue weighted by Gasteiger charge is -2.14. The first-order valence-corrected chi connectivity index (χ1v) is 7.98. The number of para-hydroxylation sites is 1. The summed E-state index contributed by atoms with van der Waals surface area (Å²) in [6, 6.07) is 7.83. The molecule has 2 aromatic heterocycles. The molecule has 2 heterocycles. The molecule has 0 bridgehead atoms. The van der Waals surface area contributed by atoms with E-state index in [2.05, 4.69) is 36.2 Å². The normalized spacial score (nSPS) is 11.8. The Kier molecular flexibility index (Phi) is 3.70. The Labute approximate surface area is 133 Å². The summed E-state index contributed by atoms with van der Waals surface area (Å²) in [4.78, 5) is 16.6. The van der Waals surface area contributed by atoms with E-state index in [1.165, 1.54) is 11.3 Å². The molecule has 0 saturated carbocycles. The lowest BCUT2D eigenvalue weighted by atomic mass is 9.93. The second kappa shape index (κ2) is 5.53. The van der Waals surface area contributed by atoms with Crippen molar-refractivity contribution in [3.8, 4) is 0 Å². The average molecular weight is 314 g/mol. The van der Waals surface area contributed by atoms with Crippen molar-refractivity contribution in [1.29, 1.82) is 0 Å². The van der Waals surface area contributed by atoms with Gasteiger partial charge >= 0.3 is 0 Å². The summed E-state index contributed by atoms with van der Waals surface area (Å²) < 4.78 is 1.70. The van der Waals surface area contributed by atoms with Crippen LogP contribution in [0.4, 0.5) is 5.13 Å². The molecule has 0 fully saturated rings. The number of hydrogen-bond acceptors (Lipinski definition) is 4. The zero-order valence-corrected chi connectivity index (χ0v) is 13.6. The molecule has 0 spiro atoms. The van der Waals surface area contributed by atoms with Crippen molar-refractivity contribution in [2.45, 2.75) is 32.7 Å². The van der Waals surface area contributed by atoms with Crippen molar-refractivity contribution in [3.63, 3.8) is 0 Å². The Balaban J connectivity index is 1.71. The highest BCUT2D eigenvalue weighted by Gasteiger charge is 2.18. The van der Waals surface area contributed by atoms with Gasteiger partial charge in [0.1, 0.15) is 6.54 Å². The minimum absolute atomic E-state index is 0.0162. The van der Waals surface area contributed by atoms with Crippen molar-refractivity contribution < 1.29 is 4.79 Å². The third kappa shape index (κ3) is 3.01. The van der Waals surface area contributed by atoms with E-state index in [0.717, 1.165) is 16.6 Å². The number of nitrogens with one attached hydrogen (secondary N) is 1. The largest absolute Gasteiger partial charge is 0.300 e. The van der Waals surface area contributed by atoms with E-state index in [1.54, 1.807) is 10.9 Å². The Morgan fingerprint density at radius 2 is 2.09 bits per heavy atom. The fourth-order valence-corrected chi connectivity index (χ4v) is 3.08. The Bertz CT molecular complexity index is 813. The Hall–Kier alpha value is -2.21. The molecular formula is C16H18N4OS. The number of carbonyl (C=O) groups is 1. The maximum absolute atomic E-state index is 12.2. The van der Waals surface area contributed by atoms with Gasteiger partial charge in [-0.3, -0.25) is 9.48 Å². The summed E-state index contributed by atoms with van der Waals surface area (Å²) in [5.74, 6) is -0.122. The SMILES string of the molecule is CC(C)(C)c1csc(NC(=O)Cn2ncc3ccccc32)n1. The summed E-state index contributed by atoms with van der Waals surface area (Å²) in [5, 5.41) is 10.7. The van der Waals surface area contributed by atoms with Gasteiger partial charge in [-0.2, -0.15) is 5.10 Å². The molecule has 6 heteroatoms. The van der Waals surface area contributed by atoms with Crippen molar-refractivity contribution >= 4 is 33.3 Å². The molecule has 1 amide bonds. The first-order chi connectivity index (χ1) is 10.4. The van der Waals surface area contributed by atoms with E-state index in [9.17, 15) is 4.79 Å². The highest BCUT2D eigenvalue weighted by Crippen LogP contribution is 2.26. The van der Waals surface area contributed by atoms with Crippen LogP contribution in [0.5, 0.6) is 0 Å². The molecule has 5 nitrogen and oxygen atoms in total. The maximum atomic E-state index is 12.2. The van der Waals surface area contributed by atoms with E-state index >= 15 is 0 Å². The molecule has 0 saturated heterocycles. The number of hydrogen-bond donors (Lipinski definition) is 1. The first-order valence-electron chi connectivity index (χ1n) is 7.10. The van der Waals surface area contributed by atoms with Gasteiger partial charge in [-0.1, -0.05) is 39.0 Å². The predicted octanol–water partition coefficient (Wildman–Crippen LogP) is 3.43.